The minimum Gasteiger partial charge on any atom is -0.481 e. The van der Waals surface area contributed by atoms with E-state index in [0.29, 0.717) is 5.75 Å². The summed E-state index contributed by atoms with van der Waals surface area (Å²) < 4.78 is 18.1. The van der Waals surface area contributed by atoms with Crippen LogP contribution in [0.2, 0.25) is 0 Å². The van der Waals surface area contributed by atoms with Crippen LogP contribution in [0.25, 0.3) is 0 Å². The molecule has 0 fully saturated rings. The Kier molecular flexibility index (Phi) is 4.94. The van der Waals surface area contributed by atoms with Crippen molar-refractivity contribution in [1.29, 1.82) is 0 Å². The number of amides is 1. The van der Waals surface area contributed by atoms with Gasteiger partial charge >= 0.3 is 0 Å². The van der Waals surface area contributed by atoms with Crippen LogP contribution in [0.3, 0.4) is 0 Å². The van der Waals surface area contributed by atoms with Gasteiger partial charge < -0.3 is 10.1 Å². The number of hydrogen-bond acceptors (Lipinski definition) is 2. The van der Waals surface area contributed by atoms with Gasteiger partial charge in [0, 0.05) is 6.04 Å². The molecule has 0 bridgehead atoms. The predicted octanol–water partition coefficient (Wildman–Crippen LogP) is 2.51. The highest BCUT2D eigenvalue weighted by atomic mass is 19.1. The first-order valence-corrected chi connectivity index (χ1v) is 5.75. The lowest BCUT2D eigenvalue weighted by Gasteiger charge is -2.17. The number of halogens is 1. The summed E-state index contributed by atoms with van der Waals surface area (Å²) in [6, 6.07) is 5.73. The van der Waals surface area contributed by atoms with Crippen LogP contribution >= 0.6 is 0 Å². The number of rotatable bonds is 5. The van der Waals surface area contributed by atoms with Crippen molar-refractivity contribution in [2.75, 3.05) is 0 Å². The Morgan fingerprint density at radius 2 is 1.94 bits per heavy atom. The van der Waals surface area contributed by atoms with E-state index < -0.39 is 6.10 Å². The van der Waals surface area contributed by atoms with Gasteiger partial charge in [-0.3, -0.25) is 4.79 Å². The van der Waals surface area contributed by atoms with Crippen LogP contribution in [-0.4, -0.2) is 18.1 Å². The second-order valence-electron chi connectivity index (χ2n) is 4.03. The Balaban J connectivity index is 2.51. The summed E-state index contributed by atoms with van der Waals surface area (Å²) in [6.07, 6.45) is 0.282. The third kappa shape index (κ3) is 4.43. The molecule has 0 saturated heterocycles. The molecule has 0 aliphatic carbocycles. The van der Waals surface area contributed by atoms with Gasteiger partial charge in [0.1, 0.15) is 11.6 Å². The lowest BCUT2D eigenvalue weighted by molar-refractivity contribution is -0.127. The highest BCUT2D eigenvalue weighted by Crippen LogP contribution is 2.13. The average molecular weight is 239 g/mol. The molecule has 0 radical (unpaired) electrons. The number of benzene rings is 1. The molecule has 0 aliphatic heterocycles. The SMILES string of the molecule is CCC(C)NC(=O)C(C)Oc1ccc(F)cc1. The molecule has 0 aromatic heterocycles. The smallest absolute Gasteiger partial charge is 0.260 e. The summed E-state index contributed by atoms with van der Waals surface area (Å²) in [4.78, 5) is 11.7. The lowest BCUT2D eigenvalue weighted by atomic mass is 10.2. The molecule has 0 saturated carbocycles. The van der Waals surface area contributed by atoms with Crippen LogP contribution in [0.15, 0.2) is 24.3 Å². The first-order chi connectivity index (χ1) is 8.02. The third-order valence-corrected chi connectivity index (χ3v) is 2.50. The maximum absolute atomic E-state index is 12.7. The minimum atomic E-state index is -0.588. The second kappa shape index (κ2) is 6.23. The number of hydrogen-bond donors (Lipinski definition) is 1. The molecule has 0 heterocycles. The molecular formula is C13H18FNO2. The van der Waals surface area contributed by atoms with E-state index in [-0.39, 0.29) is 17.8 Å². The number of carbonyl (C=O) groups is 1. The zero-order valence-electron chi connectivity index (χ0n) is 10.4. The van der Waals surface area contributed by atoms with Crippen molar-refractivity contribution in [3.63, 3.8) is 0 Å². The van der Waals surface area contributed by atoms with Gasteiger partial charge in [-0.2, -0.15) is 0 Å². The number of carbonyl (C=O) groups excluding carboxylic acids is 1. The summed E-state index contributed by atoms with van der Waals surface area (Å²) in [7, 11) is 0. The summed E-state index contributed by atoms with van der Waals surface area (Å²) in [5.41, 5.74) is 0. The van der Waals surface area contributed by atoms with E-state index >= 15 is 0 Å². The molecule has 17 heavy (non-hydrogen) atoms. The van der Waals surface area contributed by atoms with E-state index in [9.17, 15) is 9.18 Å². The molecule has 3 nitrogen and oxygen atoms in total. The van der Waals surface area contributed by atoms with Gasteiger partial charge in [0.2, 0.25) is 0 Å². The molecule has 94 valence electrons. The Morgan fingerprint density at radius 1 is 1.35 bits per heavy atom. The van der Waals surface area contributed by atoms with Crippen LogP contribution in [0, 0.1) is 5.82 Å². The summed E-state index contributed by atoms with van der Waals surface area (Å²) in [5.74, 6) is -0.00376. The maximum atomic E-state index is 12.7. The van der Waals surface area contributed by atoms with E-state index in [0.717, 1.165) is 6.42 Å². The van der Waals surface area contributed by atoms with Gasteiger partial charge in [-0.15, -0.1) is 0 Å². The molecule has 0 aliphatic rings. The van der Waals surface area contributed by atoms with E-state index in [1.165, 1.54) is 24.3 Å². The molecule has 2 unspecified atom stereocenters. The van der Waals surface area contributed by atoms with Crippen LogP contribution in [0.4, 0.5) is 4.39 Å². The Hall–Kier alpha value is -1.58. The first-order valence-electron chi connectivity index (χ1n) is 5.75. The maximum Gasteiger partial charge on any atom is 0.260 e. The lowest BCUT2D eigenvalue weighted by Crippen LogP contribution is -2.40. The zero-order valence-corrected chi connectivity index (χ0v) is 10.4. The van der Waals surface area contributed by atoms with Gasteiger partial charge in [-0.05, 0) is 44.5 Å². The number of nitrogens with one attached hydrogen (secondary N) is 1. The monoisotopic (exact) mass is 239 g/mol. The zero-order chi connectivity index (χ0) is 12.8. The quantitative estimate of drug-likeness (QED) is 0.857. The summed E-state index contributed by atoms with van der Waals surface area (Å²) >= 11 is 0. The van der Waals surface area contributed by atoms with E-state index in [4.69, 9.17) is 4.74 Å². The van der Waals surface area contributed by atoms with Crippen LogP contribution in [0.1, 0.15) is 27.2 Å². The van der Waals surface area contributed by atoms with Gasteiger partial charge in [-0.25, -0.2) is 4.39 Å². The summed E-state index contributed by atoms with van der Waals surface area (Å²) in [6.45, 7) is 5.60. The van der Waals surface area contributed by atoms with Crippen LogP contribution in [0.5, 0.6) is 5.75 Å². The van der Waals surface area contributed by atoms with Crippen LogP contribution in [-0.2, 0) is 4.79 Å². The van der Waals surface area contributed by atoms with E-state index in [1.54, 1.807) is 6.92 Å². The summed E-state index contributed by atoms with van der Waals surface area (Å²) in [5, 5.41) is 2.82. The van der Waals surface area contributed by atoms with Crippen molar-refractivity contribution in [2.45, 2.75) is 39.3 Å². The van der Waals surface area contributed by atoms with Crippen LogP contribution < -0.4 is 10.1 Å². The molecule has 1 amide bonds. The van der Waals surface area contributed by atoms with E-state index in [2.05, 4.69) is 5.32 Å². The van der Waals surface area contributed by atoms with Gasteiger partial charge in [0.15, 0.2) is 6.10 Å². The minimum absolute atomic E-state index is 0.127. The number of ether oxygens (including phenoxy) is 1. The molecular weight excluding hydrogens is 221 g/mol. The normalized spacial score (nSPS) is 13.9. The second-order valence-corrected chi connectivity index (χ2v) is 4.03. The molecule has 4 heteroatoms. The largest absolute Gasteiger partial charge is 0.481 e. The first kappa shape index (κ1) is 13.5. The van der Waals surface area contributed by atoms with Crippen molar-refractivity contribution in [1.82, 2.24) is 5.32 Å². The van der Waals surface area contributed by atoms with Crippen molar-refractivity contribution in [3.05, 3.63) is 30.1 Å². The molecule has 0 spiro atoms. The fourth-order valence-corrected chi connectivity index (χ4v) is 1.23. The van der Waals surface area contributed by atoms with Crippen molar-refractivity contribution >= 4 is 5.91 Å². The topological polar surface area (TPSA) is 38.3 Å². The van der Waals surface area contributed by atoms with Gasteiger partial charge in [0.05, 0.1) is 0 Å². The van der Waals surface area contributed by atoms with Crippen molar-refractivity contribution in [3.8, 4) is 5.75 Å². The average Bonchev–Trinajstić information content (AvgIpc) is 2.31. The van der Waals surface area contributed by atoms with Crippen molar-refractivity contribution in [2.24, 2.45) is 0 Å². The Morgan fingerprint density at radius 3 is 2.47 bits per heavy atom. The van der Waals surface area contributed by atoms with Gasteiger partial charge in [0.25, 0.3) is 5.91 Å². The molecule has 2 atom stereocenters. The fraction of sp³-hybridized carbons (Fsp3) is 0.462. The fourth-order valence-electron chi connectivity index (χ4n) is 1.23. The van der Waals surface area contributed by atoms with E-state index in [1.807, 2.05) is 13.8 Å². The molecule has 1 rings (SSSR count). The highest BCUT2D eigenvalue weighted by molar-refractivity contribution is 5.80. The Labute approximate surface area is 101 Å². The standard InChI is InChI=1S/C13H18FNO2/c1-4-9(2)15-13(16)10(3)17-12-7-5-11(14)6-8-12/h5-10H,4H2,1-3H3,(H,15,16). The van der Waals surface area contributed by atoms with Crippen molar-refractivity contribution < 1.29 is 13.9 Å². The Bertz CT molecular complexity index is 364. The third-order valence-electron chi connectivity index (χ3n) is 2.50. The molecule has 1 aromatic carbocycles. The van der Waals surface area contributed by atoms with Gasteiger partial charge in [-0.1, -0.05) is 6.92 Å². The predicted molar refractivity (Wildman–Crippen MR) is 64.4 cm³/mol. The molecule has 1 N–H and O–H groups in total. The molecule has 1 aromatic rings. The highest BCUT2D eigenvalue weighted by Gasteiger charge is 2.15.